The largest absolute Gasteiger partial charge is 0.316 e. The SMILES string of the molecule is CCC1(c2nc3cccnc3s2)CCCNC1. The first kappa shape index (κ1) is 11.1. The second-order valence-electron chi connectivity index (χ2n) is 4.76. The maximum atomic E-state index is 4.80. The van der Waals surface area contributed by atoms with Gasteiger partial charge in [-0.2, -0.15) is 0 Å². The molecule has 90 valence electrons. The van der Waals surface area contributed by atoms with Crippen LogP contribution in [0.2, 0.25) is 0 Å². The molecule has 0 aromatic carbocycles. The quantitative estimate of drug-likeness (QED) is 0.886. The molecule has 1 aliphatic rings. The highest BCUT2D eigenvalue weighted by molar-refractivity contribution is 7.18. The Labute approximate surface area is 105 Å². The van der Waals surface area contributed by atoms with E-state index in [9.17, 15) is 0 Å². The van der Waals surface area contributed by atoms with Crippen LogP contribution in [-0.2, 0) is 5.41 Å². The zero-order valence-electron chi connectivity index (χ0n) is 10.1. The molecule has 17 heavy (non-hydrogen) atoms. The Kier molecular flexibility index (Phi) is 2.84. The molecule has 2 aromatic heterocycles. The van der Waals surface area contributed by atoms with Gasteiger partial charge < -0.3 is 5.32 Å². The summed E-state index contributed by atoms with van der Waals surface area (Å²) in [5.41, 5.74) is 1.29. The average molecular weight is 247 g/mol. The molecule has 0 radical (unpaired) electrons. The number of thiazole rings is 1. The van der Waals surface area contributed by atoms with Crippen LogP contribution in [0.4, 0.5) is 0 Å². The summed E-state index contributed by atoms with van der Waals surface area (Å²) < 4.78 is 0. The van der Waals surface area contributed by atoms with Crippen LogP contribution >= 0.6 is 11.3 Å². The lowest BCUT2D eigenvalue weighted by Crippen LogP contribution is -2.42. The molecule has 0 bridgehead atoms. The maximum Gasteiger partial charge on any atom is 0.143 e. The lowest BCUT2D eigenvalue weighted by atomic mass is 9.79. The van der Waals surface area contributed by atoms with Gasteiger partial charge in [0.2, 0.25) is 0 Å². The Bertz CT molecular complexity index is 481. The molecule has 3 heterocycles. The third kappa shape index (κ3) is 1.85. The van der Waals surface area contributed by atoms with Crippen molar-refractivity contribution in [2.75, 3.05) is 13.1 Å². The fourth-order valence-corrected chi connectivity index (χ4v) is 3.79. The van der Waals surface area contributed by atoms with Gasteiger partial charge in [-0.25, -0.2) is 9.97 Å². The molecule has 3 nitrogen and oxygen atoms in total. The number of fused-ring (bicyclic) bond motifs is 1. The number of pyridine rings is 1. The molecular formula is C13H17N3S. The molecule has 1 aliphatic heterocycles. The van der Waals surface area contributed by atoms with Crippen molar-refractivity contribution in [1.29, 1.82) is 0 Å². The minimum Gasteiger partial charge on any atom is -0.316 e. The summed E-state index contributed by atoms with van der Waals surface area (Å²) in [5, 5.41) is 4.78. The van der Waals surface area contributed by atoms with Crippen LogP contribution in [0.5, 0.6) is 0 Å². The monoisotopic (exact) mass is 247 g/mol. The van der Waals surface area contributed by atoms with Gasteiger partial charge in [-0.1, -0.05) is 18.3 Å². The summed E-state index contributed by atoms with van der Waals surface area (Å²) in [6, 6.07) is 4.02. The Morgan fingerprint density at radius 3 is 3.18 bits per heavy atom. The molecular weight excluding hydrogens is 230 g/mol. The summed E-state index contributed by atoms with van der Waals surface area (Å²) in [7, 11) is 0. The van der Waals surface area contributed by atoms with Crippen molar-refractivity contribution < 1.29 is 0 Å². The molecule has 1 saturated heterocycles. The molecule has 1 atom stereocenters. The Morgan fingerprint density at radius 1 is 1.53 bits per heavy atom. The number of piperidine rings is 1. The predicted molar refractivity (Wildman–Crippen MR) is 71.5 cm³/mol. The second-order valence-corrected chi connectivity index (χ2v) is 5.74. The lowest BCUT2D eigenvalue weighted by molar-refractivity contribution is 0.302. The van der Waals surface area contributed by atoms with Gasteiger partial charge >= 0.3 is 0 Å². The van der Waals surface area contributed by atoms with Crippen LogP contribution in [0.25, 0.3) is 10.3 Å². The zero-order valence-corrected chi connectivity index (χ0v) is 10.9. The van der Waals surface area contributed by atoms with Crippen molar-refractivity contribution in [1.82, 2.24) is 15.3 Å². The molecule has 1 unspecified atom stereocenters. The molecule has 4 heteroatoms. The molecule has 1 fully saturated rings. The van der Waals surface area contributed by atoms with E-state index in [2.05, 4.69) is 23.3 Å². The molecule has 2 aromatic rings. The molecule has 0 saturated carbocycles. The molecule has 0 spiro atoms. The van der Waals surface area contributed by atoms with Crippen molar-refractivity contribution >= 4 is 21.7 Å². The van der Waals surface area contributed by atoms with Crippen LogP contribution in [0, 0.1) is 0 Å². The molecule has 1 N–H and O–H groups in total. The topological polar surface area (TPSA) is 37.8 Å². The number of rotatable bonds is 2. The highest BCUT2D eigenvalue weighted by atomic mass is 32.1. The fourth-order valence-electron chi connectivity index (χ4n) is 2.60. The van der Waals surface area contributed by atoms with E-state index in [1.807, 2.05) is 12.3 Å². The molecule has 0 aliphatic carbocycles. The Balaban J connectivity index is 2.05. The van der Waals surface area contributed by atoms with Gasteiger partial charge in [-0.05, 0) is 37.9 Å². The first-order valence-electron chi connectivity index (χ1n) is 6.27. The normalized spacial score (nSPS) is 25.2. The van der Waals surface area contributed by atoms with E-state index in [-0.39, 0.29) is 5.41 Å². The van der Waals surface area contributed by atoms with Gasteiger partial charge in [0.25, 0.3) is 0 Å². The van der Waals surface area contributed by atoms with E-state index in [4.69, 9.17) is 4.98 Å². The highest BCUT2D eigenvalue weighted by Crippen LogP contribution is 2.38. The van der Waals surface area contributed by atoms with Crippen LogP contribution < -0.4 is 5.32 Å². The zero-order chi connectivity index (χ0) is 11.7. The average Bonchev–Trinajstić information content (AvgIpc) is 2.84. The first-order chi connectivity index (χ1) is 8.34. The number of nitrogens with zero attached hydrogens (tertiary/aromatic N) is 2. The number of hydrogen-bond acceptors (Lipinski definition) is 4. The minimum absolute atomic E-state index is 0.240. The Hall–Kier alpha value is -1.00. The third-order valence-corrected chi connectivity index (χ3v) is 4.99. The lowest BCUT2D eigenvalue weighted by Gasteiger charge is -2.35. The van der Waals surface area contributed by atoms with E-state index < -0.39 is 0 Å². The summed E-state index contributed by atoms with van der Waals surface area (Å²) in [5.74, 6) is 0. The minimum atomic E-state index is 0.240. The van der Waals surface area contributed by atoms with E-state index in [1.165, 1.54) is 17.8 Å². The Morgan fingerprint density at radius 2 is 2.47 bits per heavy atom. The van der Waals surface area contributed by atoms with Crippen LogP contribution in [0.15, 0.2) is 18.3 Å². The smallest absolute Gasteiger partial charge is 0.143 e. The van der Waals surface area contributed by atoms with Gasteiger partial charge in [-0.3, -0.25) is 0 Å². The molecule has 0 amide bonds. The van der Waals surface area contributed by atoms with Crippen LogP contribution in [0.1, 0.15) is 31.2 Å². The van der Waals surface area contributed by atoms with Crippen molar-refractivity contribution in [3.63, 3.8) is 0 Å². The number of hydrogen-bond donors (Lipinski definition) is 1. The van der Waals surface area contributed by atoms with Crippen LogP contribution in [-0.4, -0.2) is 23.1 Å². The van der Waals surface area contributed by atoms with Gasteiger partial charge in [0.05, 0.1) is 0 Å². The second kappa shape index (κ2) is 4.35. The van der Waals surface area contributed by atoms with Gasteiger partial charge in [0, 0.05) is 18.2 Å². The van der Waals surface area contributed by atoms with Gasteiger partial charge in [0.15, 0.2) is 0 Å². The summed E-state index contributed by atoms with van der Waals surface area (Å²) in [4.78, 5) is 10.3. The van der Waals surface area contributed by atoms with E-state index in [0.29, 0.717) is 0 Å². The summed E-state index contributed by atoms with van der Waals surface area (Å²) in [6.07, 6.45) is 5.50. The highest BCUT2D eigenvalue weighted by Gasteiger charge is 2.35. The van der Waals surface area contributed by atoms with E-state index in [1.54, 1.807) is 11.3 Å². The number of nitrogens with one attached hydrogen (secondary N) is 1. The summed E-state index contributed by atoms with van der Waals surface area (Å²) in [6.45, 7) is 4.47. The number of aromatic nitrogens is 2. The fraction of sp³-hybridized carbons (Fsp3) is 0.538. The predicted octanol–water partition coefficient (Wildman–Crippen LogP) is 2.72. The first-order valence-corrected chi connectivity index (χ1v) is 7.08. The molecule has 3 rings (SSSR count). The van der Waals surface area contributed by atoms with Crippen molar-refractivity contribution in [2.45, 2.75) is 31.6 Å². The van der Waals surface area contributed by atoms with E-state index >= 15 is 0 Å². The standard InChI is InChI=1S/C13H17N3S/c1-2-13(6-4-7-14-9-13)12-16-10-5-3-8-15-11(10)17-12/h3,5,8,14H,2,4,6-7,9H2,1H3. The summed E-state index contributed by atoms with van der Waals surface area (Å²) >= 11 is 1.76. The third-order valence-electron chi connectivity index (χ3n) is 3.77. The van der Waals surface area contributed by atoms with Gasteiger partial charge in [0.1, 0.15) is 15.4 Å². The van der Waals surface area contributed by atoms with Crippen LogP contribution in [0.3, 0.4) is 0 Å². The maximum absolute atomic E-state index is 4.80. The van der Waals surface area contributed by atoms with Crippen molar-refractivity contribution in [3.8, 4) is 0 Å². The van der Waals surface area contributed by atoms with Crippen molar-refractivity contribution in [2.24, 2.45) is 0 Å². The van der Waals surface area contributed by atoms with E-state index in [0.717, 1.165) is 29.9 Å². The van der Waals surface area contributed by atoms with Gasteiger partial charge in [-0.15, -0.1) is 0 Å². The van der Waals surface area contributed by atoms with Crippen molar-refractivity contribution in [3.05, 3.63) is 23.3 Å².